The summed E-state index contributed by atoms with van der Waals surface area (Å²) in [6, 6.07) is 19.2. The fourth-order valence-corrected chi connectivity index (χ4v) is 8.31. The van der Waals surface area contributed by atoms with Crippen LogP contribution in [0, 0.1) is 46.5 Å². The monoisotopic (exact) mass is 611 g/mol. The summed E-state index contributed by atoms with van der Waals surface area (Å²) in [7, 11) is 0. The zero-order valence-electron chi connectivity index (χ0n) is 26.3. The molecular weight excluding hydrogens is 570 g/mol. The van der Waals surface area contributed by atoms with E-state index in [1.54, 1.807) is 0 Å². The standard InChI is InChI=1S/C36H42ClN5S/c1-21-15-24(4)34(25(5)16-21)41-26(6)17-29(27(41)7)35-33(31-10-8-9-13-38-31)39-36(43)42(35)28-11-12-32(30(37)18-28)40-19-22(2)14-23(3)20-40/h8-13,15-18,22-23,33,35H,14,19-20H2,1-7H3,(H,39,43)/t22-,23+,33-,35-/m1/s1. The second-order valence-corrected chi connectivity index (χ2v) is 13.7. The average molecular weight is 612 g/mol. The van der Waals surface area contributed by atoms with Gasteiger partial charge in [-0.1, -0.05) is 49.2 Å². The van der Waals surface area contributed by atoms with Crippen LogP contribution in [-0.4, -0.2) is 27.8 Å². The first-order chi connectivity index (χ1) is 20.5. The van der Waals surface area contributed by atoms with Crippen molar-refractivity contribution in [2.45, 2.75) is 67.0 Å². The SMILES string of the molecule is Cc1cc(C)c(-n2c(C)cc([C@@H]3[C@@H](c4ccccn4)NC(=S)N3c3ccc(N4C[C@H](C)C[C@H](C)C4)c(Cl)c3)c2C)c(C)c1. The molecule has 2 aliphatic rings. The Bertz CT molecular complexity index is 1650. The molecule has 0 aliphatic carbocycles. The zero-order chi connectivity index (χ0) is 30.6. The predicted octanol–water partition coefficient (Wildman–Crippen LogP) is 8.73. The number of benzene rings is 2. The molecular formula is C36H42ClN5S. The van der Waals surface area contributed by atoms with E-state index < -0.39 is 0 Å². The minimum absolute atomic E-state index is 0.106. The van der Waals surface area contributed by atoms with Crippen LogP contribution in [-0.2, 0) is 0 Å². The molecule has 0 unspecified atom stereocenters. The van der Waals surface area contributed by atoms with Gasteiger partial charge in [-0.3, -0.25) is 4.98 Å². The van der Waals surface area contributed by atoms with Gasteiger partial charge in [0.25, 0.3) is 0 Å². The summed E-state index contributed by atoms with van der Waals surface area (Å²) in [5, 5.41) is 5.07. The van der Waals surface area contributed by atoms with E-state index in [-0.39, 0.29) is 12.1 Å². The van der Waals surface area contributed by atoms with Crippen molar-refractivity contribution in [2.24, 2.45) is 11.8 Å². The Kier molecular flexibility index (Phi) is 8.03. The van der Waals surface area contributed by atoms with Crippen molar-refractivity contribution in [3.8, 4) is 5.69 Å². The second-order valence-electron chi connectivity index (χ2n) is 12.9. The molecule has 0 spiro atoms. The van der Waals surface area contributed by atoms with Gasteiger partial charge >= 0.3 is 0 Å². The van der Waals surface area contributed by atoms with Gasteiger partial charge < -0.3 is 19.7 Å². The van der Waals surface area contributed by atoms with E-state index in [2.05, 4.69) is 111 Å². The second kappa shape index (κ2) is 11.6. The first kappa shape index (κ1) is 29.7. The molecule has 0 saturated carbocycles. The molecule has 43 heavy (non-hydrogen) atoms. The molecule has 4 aromatic rings. The molecule has 2 fully saturated rings. The molecule has 2 aliphatic heterocycles. The quantitative estimate of drug-likeness (QED) is 0.228. The van der Waals surface area contributed by atoms with Crippen LogP contribution in [0.4, 0.5) is 11.4 Å². The summed E-state index contributed by atoms with van der Waals surface area (Å²) in [6.07, 6.45) is 3.12. The molecule has 0 radical (unpaired) electrons. The Morgan fingerprint density at radius 1 is 0.907 bits per heavy atom. The van der Waals surface area contributed by atoms with Gasteiger partial charge in [0.1, 0.15) is 0 Å². The maximum atomic E-state index is 7.07. The number of nitrogens with zero attached hydrogens (tertiary/aromatic N) is 4. The minimum Gasteiger partial charge on any atom is -0.370 e. The van der Waals surface area contributed by atoms with Crippen molar-refractivity contribution in [1.29, 1.82) is 0 Å². The summed E-state index contributed by atoms with van der Waals surface area (Å²) in [6.45, 7) is 17.7. The Balaban J connectivity index is 1.46. The highest BCUT2D eigenvalue weighted by Gasteiger charge is 2.42. The smallest absolute Gasteiger partial charge is 0.174 e. The van der Waals surface area contributed by atoms with E-state index in [9.17, 15) is 0 Å². The Morgan fingerprint density at radius 2 is 1.60 bits per heavy atom. The summed E-state index contributed by atoms with van der Waals surface area (Å²) >= 11 is 13.1. The largest absolute Gasteiger partial charge is 0.370 e. The van der Waals surface area contributed by atoms with Crippen LogP contribution in [0.1, 0.15) is 71.7 Å². The van der Waals surface area contributed by atoms with Crippen molar-refractivity contribution < 1.29 is 0 Å². The maximum absolute atomic E-state index is 7.07. The third-order valence-corrected chi connectivity index (χ3v) is 9.78. The van der Waals surface area contributed by atoms with Crippen LogP contribution in [0.5, 0.6) is 0 Å². The minimum atomic E-state index is -0.120. The van der Waals surface area contributed by atoms with Gasteiger partial charge in [-0.15, -0.1) is 0 Å². The summed E-state index contributed by atoms with van der Waals surface area (Å²) in [5.74, 6) is 1.30. The number of thiocarbonyl (C=S) groups is 1. The molecule has 6 rings (SSSR count). The van der Waals surface area contributed by atoms with E-state index in [0.717, 1.165) is 35.2 Å². The van der Waals surface area contributed by atoms with Crippen LogP contribution in [0.3, 0.4) is 0 Å². The maximum Gasteiger partial charge on any atom is 0.174 e. The molecule has 0 amide bonds. The lowest BCUT2D eigenvalue weighted by atomic mass is 9.91. The topological polar surface area (TPSA) is 36.3 Å². The Labute approximate surface area is 266 Å². The van der Waals surface area contributed by atoms with Crippen LogP contribution >= 0.6 is 23.8 Å². The Morgan fingerprint density at radius 3 is 2.23 bits per heavy atom. The lowest BCUT2D eigenvalue weighted by Gasteiger charge is -2.37. The number of hydrogen-bond acceptors (Lipinski definition) is 3. The third kappa shape index (κ3) is 5.44. The fraction of sp³-hybridized carbons (Fsp3) is 0.389. The Hall–Kier alpha value is -3.35. The molecule has 7 heteroatoms. The third-order valence-electron chi connectivity index (χ3n) is 9.17. The van der Waals surface area contributed by atoms with E-state index in [1.165, 1.54) is 45.7 Å². The molecule has 5 nitrogen and oxygen atoms in total. The van der Waals surface area contributed by atoms with Crippen LogP contribution in [0.15, 0.2) is 60.8 Å². The molecule has 0 bridgehead atoms. The molecule has 1 N–H and O–H groups in total. The van der Waals surface area contributed by atoms with Crippen LogP contribution in [0.25, 0.3) is 5.69 Å². The van der Waals surface area contributed by atoms with Gasteiger partial charge in [0.2, 0.25) is 0 Å². The molecule has 4 heterocycles. The van der Waals surface area contributed by atoms with E-state index in [4.69, 9.17) is 28.8 Å². The fourth-order valence-electron chi connectivity index (χ4n) is 7.67. The molecule has 224 valence electrons. The number of anilines is 2. The van der Waals surface area contributed by atoms with Crippen molar-refractivity contribution in [1.82, 2.24) is 14.9 Å². The van der Waals surface area contributed by atoms with Crippen molar-refractivity contribution in [3.63, 3.8) is 0 Å². The van der Waals surface area contributed by atoms with Crippen molar-refractivity contribution >= 4 is 40.3 Å². The zero-order valence-corrected chi connectivity index (χ0v) is 27.9. The summed E-state index contributed by atoms with van der Waals surface area (Å²) < 4.78 is 2.41. The first-order valence-electron chi connectivity index (χ1n) is 15.4. The summed E-state index contributed by atoms with van der Waals surface area (Å²) in [5.41, 5.74) is 11.7. The number of pyridine rings is 1. The predicted molar refractivity (Wildman–Crippen MR) is 184 cm³/mol. The number of rotatable bonds is 5. The van der Waals surface area contributed by atoms with Crippen LogP contribution in [0.2, 0.25) is 5.02 Å². The van der Waals surface area contributed by atoms with E-state index >= 15 is 0 Å². The van der Waals surface area contributed by atoms with Gasteiger partial charge in [-0.25, -0.2) is 0 Å². The molecule has 2 saturated heterocycles. The van der Waals surface area contributed by atoms with Crippen molar-refractivity contribution in [2.75, 3.05) is 22.9 Å². The lowest BCUT2D eigenvalue weighted by molar-refractivity contribution is 0.357. The number of hydrogen-bond donors (Lipinski definition) is 1. The van der Waals surface area contributed by atoms with E-state index in [0.29, 0.717) is 16.9 Å². The van der Waals surface area contributed by atoms with Crippen LogP contribution < -0.4 is 15.1 Å². The molecule has 2 aromatic heterocycles. The summed E-state index contributed by atoms with van der Waals surface area (Å²) in [4.78, 5) is 9.46. The number of nitrogens with one attached hydrogen (secondary N) is 1. The highest BCUT2D eigenvalue weighted by atomic mass is 35.5. The van der Waals surface area contributed by atoms with Gasteiger partial charge in [0, 0.05) is 36.4 Å². The number of halogens is 1. The number of piperidine rings is 1. The molecule has 4 atom stereocenters. The van der Waals surface area contributed by atoms with Crippen molar-refractivity contribution in [3.05, 3.63) is 105 Å². The normalized spacial score (nSPS) is 22.3. The number of aryl methyl sites for hydroxylation is 4. The van der Waals surface area contributed by atoms with Gasteiger partial charge in [-0.05, 0) is 118 Å². The molecule has 2 aromatic carbocycles. The van der Waals surface area contributed by atoms with Gasteiger partial charge in [-0.2, -0.15) is 0 Å². The average Bonchev–Trinajstić information content (AvgIpc) is 3.43. The lowest BCUT2D eigenvalue weighted by Crippen LogP contribution is -2.38. The number of aromatic nitrogens is 2. The van der Waals surface area contributed by atoms with Gasteiger partial charge in [0.05, 0.1) is 34.2 Å². The van der Waals surface area contributed by atoms with Gasteiger partial charge in [0.15, 0.2) is 5.11 Å². The first-order valence-corrected chi connectivity index (χ1v) is 16.1. The highest BCUT2D eigenvalue weighted by molar-refractivity contribution is 7.80. The highest BCUT2D eigenvalue weighted by Crippen LogP contribution is 2.45. The van der Waals surface area contributed by atoms with E-state index in [1.807, 2.05) is 18.3 Å².